The van der Waals surface area contributed by atoms with Gasteiger partial charge in [-0.25, -0.2) is 0 Å². The van der Waals surface area contributed by atoms with Gasteiger partial charge >= 0.3 is 0 Å². The standard InChI is InChI=1S/C14H20ClN/c1-10-6-7-12(9-14(10)15)11-4-2-3-5-13(16)8-11/h6-7,9,11,13H,2-5,8,16H2,1H3. The maximum absolute atomic E-state index is 6.18. The lowest BCUT2D eigenvalue weighted by atomic mass is 9.90. The summed E-state index contributed by atoms with van der Waals surface area (Å²) in [4.78, 5) is 0. The van der Waals surface area contributed by atoms with Gasteiger partial charge in [-0.3, -0.25) is 0 Å². The lowest BCUT2D eigenvalue weighted by Gasteiger charge is -2.18. The van der Waals surface area contributed by atoms with Crippen LogP contribution in [0.25, 0.3) is 0 Å². The molecule has 0 spiro atoms. The molecule has 0 aliphatic heterocycles. The van der Waals surface area contributed by atoms with Gasteiger partial charge in [-0.15, -0.1) is 0 Å². The van der Waals surface area contributed by atoms with Crippen LogP contribution in [0.2, 0.25) is 5.02 Å². The number of hydrogen-bond acceptors (Lipinski definition) is 1. The average molecular weight is 238 g/mol. The molecule has 2 N–H and O–H groups in total. The number of nitrogens with two attached hydrogens (primary N) is 1. The molecule has 0 saturated heterocycles. The van der Waals surface area contributed by atoms with Crippen LogP contribution in [-0.2, 0) is 0 Å². The summed E-state index contributed by atoms with van der Waals surface area (Å²) in [5.41, 5.74) is 8.62. The van der Waals surface area contributed by atoms with Crippen LogP contribution in [0.5, 0.6) is 0 Å². The zero-order chi connectivity index (χ0) is 11.5. The first-order chi connectivity index (χ1) is 7.66. The van der Waals surface area contributed by atoms with Crippen LogP contribution >= 0.6 is 11.6 Å². The van der Waals surface area contributed by atoms with Crippen LogP contribution in [-0.4, -0.2) is 6.04 Å². The molecule has 2 heteroatoms. The number of aryl methyl sites for hydroxylation is 1. The molecule has 0 amide bonds. The van der Waals surface area contributed by atoms with E-state index in [0.29, 0.717) is 12.0 Å². The van der Waals surface area contributed by atoms with E-state index in [0.717, 1.165) is 17.0 Å². The molecule has 0 bridgehead atoms. The van der Waals surface area contributed by atoms with Gasteiger partial charge in [0.05, 0.1) is 0 Å². The summed E-state index contributed by atoms with van der Waals surface area (Å²) in [7, 11) is 0. The van der Waals surface area contributed by atoms with Gasteiger partial charge in [-0.2, -0.15) is 0 Å². The fourth-order valence-electron chi connectivity index (χ4n) is 2.56. The zero-order valence-electron chi connectivity index (χ0n) is 9.88. The number of hydrogen-bond donors (Lipinski definition) is 1. The summed E-state index contributed by atoms with van der Waals surface area (Å²) in [6.45, 7) is 2.05. The summed E-state index contributed by atoms with van der Waals surface area (Å²) in [5, 5.41) is 0.885. The molecule has 1 aromatic rings. The lowest BCUT2D eigenvalue weighted by molar-refractivity contribution is 0.535. The van der Waals surface area contributed by atoms with Crippen molar-refractivity contribution in [2.45, 2.75) is 51.0 Å². The Balaban J connectivity index is 2.18. The third kappa shape index (κ3) is 2.78. The fraction of sp³-hybridized carbons (Fsp3) is 0.571. The van der Waals surface area contributed by atoms with E-state index in [-0.39, 0.29) is 0 Å². The summed E-state index contributed by atoms with van der Waals surface area (Å²) in [6.07, 6.45) is 6.11. The Labute approximate surface area is 103 Å². The minimum Gasteiger partial charge on any atom is -0.328 e. The van der Waals surface area contributed by atoms with Crippen molar-refractivity contribution >= 4 is 11.6 Å². The molecule has 1 aromatic carbocycles. The molecule has 0 aromatic heterocycles. The molecule has 0 radical (unpaired) electrons. The maximum Gasteiger partial charge on any atom is 0.0438 e. The molecule has 1 nitrogen and oxygen atoms in total. The van der Waals surface area contributed by atoms with Crippen LogP contribution < -0.4 is 5.73 Å². The quantitative estimate of drug-likeness (QED) is 0.734. The van der Waals surface area contributed by atoms with E-state index >= 15 is 0 Å². The third-order valence-corrected chi connectivity index (χ3v) is 4.04. The minimum atomic E-state index is 0.368. The van der Waals surface area contributed by atoms with Crippen LogP contribution in [0, 0.1) is 6.92 Å². The highest BCUT2D eigenvalue weighted by Crippen LogP contribution is 2.32. The Bertz CT molecular complexity index is 362. The average Bonchev–Trinajstić information content (AvgIpc) is 2.47. The van der Waals surface area contributed by atoms with E-state index in [1.165, 1.54) is 31.2 Å². The molecule has 16 heavy (non-hydrogen) atoms. The molecule has 1 aliphatic rings. The molecule has 2 rings (SSSR count). The summed E-state index contributed by atoms with van der Waals surface area (Å²) in [5.74, 6) is 0.607. The largest absolute Gasteiger partial charge is 0.328 e. The van der Waals surface area contributed by atoms with Crippen LogP contribution in [0.4, 0.5) is 0 Å². The highest BCUT2D eigenvalue weighted by molar-refractivity contribution is 6.31. The number of benzene rings is 1. The monoisotopic (exact) mass is 237 g/mol. The van der Waals surface area contributed by atoms with Crippen molar-refractivity contribution in [3.63, 3.8) is 0 Å². The van der Waals surface area contributed by atoms with Crippen molar-refractivity contribution in [1.82, 2.24) is 0 Å². The molecular formula is C14H20ClN. The molecular weight excluding hydrogens is 218 g/mol. The maximum atomic E-state index is 6.18. The molecule has 1 fully saturated rings. The first kappa shape index (κ1) is 11.9. The van der Waals surface area contributed by atoms with E-state index in [9.17, 15) is 0 Å². The summed E-state index contributed by atoms with van der Waals surface area (Å²) < 4.78 is 0. The topological polar surface area (TPSA) is 26.0 Å². The predicted molar refractivity (Wildman–Crippen MR) is 70.0 cm³/mol. The number of halogens is 1. The van der Waals surface area contributed by atoms with Gasteiger partial charge in [0.2, 0.25) is 0 Å². The molecule has 2 unspecified atom stereocenters. The van der Waals surface area contributed by atoms with E-state index in [1.807, 2.05) is 6.92 Å². The van der Waals surface area contributed by atoms with Crippen molar-refractivity contribution in [3.05, 3.63) is 34.3 Å². The molecule has 0 heterocycles. The second-order valence-corrected chi connectivity index (χ2v) is 5.39. The molecule has 1 saturated carbocycles. The Morgan fingerprint density at radius 3 is 2.75 bits per heavy atom. The first-order valence-corrected chi connectivity index (χ1v) is 6.56. The van der Waals surface area contributed by atoms with Gasteiger partial charge in [0, 0.05) is 11.1 Å². The van der Waals surface area contributed by atoms with Crippen molar-refractivity contribution < 1.29 is 0 Å². The summed E-state index contributed by atoms with van der Waals surface area (Å²) >= 11 is 6.18. The Morgan fingerprint density at radius 2 is 2.00 bits per heavy atom. The predicted octanol–water partition coefficient (Wildman–Crippen LogP) is 4.02. The van der Waals surface area contributed by atoms with Crippen LogP contribution in [0.15, 0.2) is 18.2 Å². The van der Waals surface area contributed by atoms with Gasteiger partial charge in [0.25, 0.3) is 0 Å². The normalized spacial score (nSPS) is 26.4. The fourth-order valence-corrected chi connectivity index (χ4v) is 2.75. The molecule has 2 atom stereocenters. The van der Waals surface area contributed by atoms with E-state index in [4.69, 9.17) is 17.3 Å². The van der Waals surface area contributed by atoms with Gasteiger partial charge in [-0.1, -0.05) is 36.6 Å². The molecule has 1 aliphatic carbocycles. The summed E-state index contributed by atoms with van der Waals surface area (Å²) in [6, 6.07) is 6.82. The van der Waals surface area contributed by atoms with Gasteiger partial charge in [0.1, 0.15) is 0 Å². The van der Waals surface area contributed by atoms with Crippen LogP contribution in [0.1, 0.15) is 49.1 Å². The van der Waals surface area contributed by atoms with E-state index in [2.05, 4.69) is 18.2 Å². The number of rotatable bonds is 1. The second-order valence-electron chi connectivity index (χ2n) is 4.99. The first-order valence-electron chi connectivity index (χ1n) is 6.18. The Hall–Kier alpha value is -0.530. The Morgan fingerprint density at radius 1 is 1.25 bits per heavy atom. The Kier molecular flexibility index (Phi) is 3.88. The lowest BCUT2D eigenvalue weighted by Crippen LogP contribution is -2.20. The van der Waals surface area contributed by atoms with E-state index in [1.54, 1.807) is 0 Å². The smallest absolute Gasteiger partial charge is 0.0438 e. The SMILES string of the molecule is Cc1ccc(C2CCCCC(N)C2)cc1Cl. The van der Waals surface area contributed by atoms with Crippen LogP contribution in [0.3, 0.4) is 0 Å². The van der Waals surface area contributed by atoms with Gasteiger partial charge in [-0.05, 0) is 49.3 Å². The third-order valence-electron chi connectivity index (χ3n) is 3.63. The second kappa shape index (κ2) is 5.20. The molecule has 88 valence electrons. The van der Waals surface area contributed by atoms with Crippen molar-refractivity contribution in [2.75, 3.05) is 0 Å². The zero-order valence-corrected chi connectivity index (χ0v) is 10.6. The highest BCUT2D eigenvalue weighted by atomic mass is 35.5. The van der Waals surface area contributed by atoms with Crippen molar-refractivity contribution in [2.24, 2.45) is 5.73 Å². The minimum absolute atomic E-state index is 0.368. The highest BCUT2D eigenvalue weighted by Gasteiger charge is 2.19. The van der Waals surface area contributed by atoms with Crippen molar-refractivity contribution in [1.29, 1.82) is 0 Å². The van der Waals surface area contributed by atoms with Gasteiger partial charge < -0.3 is 5.73 Å². The van der Waals surface area contributed by atoms with Crippen molar-refractivity contribution in [3.8, 4) is 0 Å². The van der Waals surface area contributed by atoms with E-state index < -0.39 is 0 Å². The van der Waals surface area contributed by atoms with Gasteiger partial charge in [0.15, 0.2) is 0 Å².